The molecule has 2 aromatic rings. The summed E-state index contributed by atoms with van der Waals surface area (Å²) in [6.07, 6.45) is 5.51. The highest BCUT2D eigenvalue weighted by Crippen LogP contribution is 2.19. The third-order valence-corrected chi connectivity index (χ3v) is 5.74. The van der Waals surface area contributed by atoms with Gasteiger partial charge in [0, 0.05) is 17.6 Å². The second kappa shape index (κ2) is 11.0. The van der Waals surface area contributed by atoms with Crippen LogP contribution in [0.15, 0.2) is 54.6 Å². The summed E-state index contributed by atoms with van der Waals surface area (Å²) < 4.78 is 5.64. The fourth-order valence-corrected chi connectivity index (χ4v) is 3.82. The lowest BCUT2D eigenvalue weighted by Gasteiger charge is -2.31. The van der Waals surface area contributed by atoms with Crippen LogP contribution in [0.3, 0.4) is 0 Å². The van der Waals surface area contributed by atoms with Crippen molar-refractivity contribution in [2.24, 2.45) is 0 Å². The lowest BCUT2D eigenvalue weighted by atomic mass is 9.95. The Balaban J connectivity index is 1.67. The summed E-state index contributed by atoms with van der Waals surface area (Å²) in [6.45, 7) is 1.99. The van der Waals surface area contributed by atoms with Gasteiger partial charge in [0.05, 0.1) is 0 Å². The summed E-state index contributed by atoms with van der Waals surface area (Å²) >= 11 is 5.90. The predicted octanol–water partition coefficient (Wildman–Crippen LogP) is 4.59. The van der Waals surface area contributed by atoms with Crippen LogP contribution in [0.4, 0.5) is 0 Å². The third-order valence-electron chi connectivity index (χ3n) is 5.49. The molecule has 1 aliphatic rings. The first kappa shape index (κ1) is 22.2. The molecule has 0 saturated heterocycles. The van der Waals surface area contributed by atoms with Gasteiger partial charge < -0.3 is 15.0 Å². The van der Waals surface area contributed by atoms with E-state index in [1.54, 1.807) is 36.1 Å². The van der Waals surface area contributed by atoms with E-state index >= 15 is 0 Å². The van der Waals surface area contributed by atoms with Crippen molar-refractivity contribution < 1.29 is 14.3 Å². The molecule has 5 nitrogen and oxygen atoms in total. The standard InChI is InChI=1S/C24H29ClN2O3/c1-18(24(29)26-21-10-6-3-7-11-21)27(16-19-8-4-2-5-9-19)23(28)17-30-22-14-12-20(25)13-15-22/h2,4-5,8-9,12-15,18,21H,3,6-7,10-11,16-17H2,1H3,(H,26,29). The number of amides is 2. The number of nitrogens with zero attached hydrogens (tertiary/aromatic N) is 1. The number of hydrogen-bond donors (Lipinski definition) is 1. The Morgan fingerprint density at radius 2 is 1.73 bits per heavy atom. The Labute approximate surface area is 183 Å². The highest BCUT2D eigenvalue weighted by Gasteiger charge is 2.28. The molecule has 0 radical (unpaired) electrons. The van der Waals surface area contributed by atoms with E-state index in [4.69, 9.17) is 16.3 Å². The van der Waals surface area contributed by atoms with E-state index in [0.29, 0.717) is 17.3 Å². The Hall–Kier alpha value is -2.53. The zero-order valence-electron chi connectivity index (χ0n) is 17.4. The molecule has 2 amide bonds. The SMILES string of the molecule is CC(C(=O)NC1CCCCC1)N(Cc1ccccc1)C(=O)COc1ccc(Cl)cc1. The fraction of sp³-hybridized carbons (Fsp3) is 0.417. The van der Waals surface area contributed by atoms with Gasteiger partial charge in [0.2, 0.25) is 5.91 Å². The zero-order chi connectivity index (χ0) is 21.3. The summed E-state index contributed by atoms with van der Waals surface area (Å²) in [5.41, 5.74) is 0.967. The number of hydrogen-bond acceptors (Lipinski definition) is 3. The minimum atomic E-state index is -0.589. The summed E-state index contributed by atoms with van der Waals surface area (Å²) in [4.78, 5) is 27.5. The summed E-state index contributed by atoms with van der Waals surface area (Å²) in [6, 6.07) is 16.2. The van der Waals surface area contributed by atoms with Gasteiger partial charge in [0.15, 0.2) is 6.61 Å². The summed E-state index contributed by atoms with van der Waals surface area (Å²) in [5, 5.41) is 3.74. The van der Waals surface area contributed by atoms with Gasteiger partial charge in [-0.1, -0.05) is 61.2 Å². The van der Waals surface area contributed by atoms with E-state index in [1.807, 2.05) is 30.3 Å². The number of ether oxygens (including phenoxy) is 1. The van der Waals surface area contributed by atoms with Crippen LogP contribution >= 0.6 is 11.6 Å². The molecular formula is C24H29ClN2O3. The maximum absolute atomic E-state index is 13.0. The van der Waals surface area contributed by atoms with E-state index in [2.05, 4.69) is 5.32 Å². The zero-order valence-corrected chi connectivity index (χ0v) is 18.1. The molecule has 1 atom stereocenters. The molecule has 1 fully saturated rings. The van der Waals surface area contributed by atoms with Gasteiger partial charge in [-0.25, -0.2) is 0 Å². The number of carbonyl (C=O) groups is 2. The van der Waals surface area contributed by atoms with Crippen LogP contribution in [0.1, 0.15) is 44.6 Å². The Kier molecular flexibility index (Phi) is 8.14. The molecule has 0 spiro atoms. The molecule has 0 aliphatic heterocycles. The average Bonchev–Trinajstić information content (AvgIpc) is 2.78. The van der Waals surface area contributed by atoms with E-state index in [9.17, 15) is 9.59 Å². The smallest absolute Gasteiger partial charge is 0.261 e. The molecule has 30 heavy (non-hydrogen) atoms. The van der Waals surface area contributed by atoms with Crippen LogP contribution in [0.2, 0.25) is 5.02 Å². The van der Waals surface area contributed by atoms with E-state index in [-0.39, 0.29) is 24.5 Å². The van der Waals surface area contributed by atoms with E-state index in [1.165, 1.54) is 6.42 Å². The first-order valence-electron chi connectivity index (χ1n) is 10.5. The summed E-state index contributed by atoms with van der Waals surface area (Å²) in [5.74, 6) is 0.212. The van der Waals surface area contributed by atoms with Crippen molar-refractivity contribution in [1.82, 2.24) is 10.2 Å². The van der Waals surface area contributed by atoms with Crippen LogP contribution in [-0.4, -0.2) is 35.4 Å². The van der Waals surface area contributed by atoms with Crippen molar-refractivity contribution >= 4 is 23.4 Å². The van der Waals surface area contributed by atoms with Crippen LogP contribution < -0.4 is 10.1 Å². The summed E-state index contributed by atoms with van der Waals surface area (Å²) in [7, 11) is 0. The minimum Gasteiger partial charge on any atom is -0.484 e. The van der Waals surface area contributed by atoms with Crippen molar-refractivity contribution in [1.29, 1.82) is 0 Å². The lowest BCUT2D eigenvalue weighted by Crippen LogP contribution is -2.51. The molecule has 1 N–H and O–H groups in total. The van der Waals surface area contributed by atoms with Gasteiger partial charge >= 0.3 is 0 Å². The van der Waals surface area contributed by atoms with Crippen molar-refractivity contribution in [3.05, 3.63) is 65.2 Å². The number of carbonyl (C=O) groups excluding carboxylic acids is 2. The predicted molar refractivity (Wildman–Crippen MR) is 118 cm³/mol. The van der Waals surface area contributed by atoms with Crippen LogP contribution in [-0.2, 0) is 16.1 Å². The topological polar surface area (TPSA) is 58.6 Å². The molecule has 6 heteroatoms. The highest BCUT2D eigenvalue weighted by molar-refractivity contribution is 6.30. The molecule has 0 heterocycles. The molecule has 1 saturated carbocycles. The second-order valence-corrected chi connectivity index (χ2v) is 8.21. The Bertz CT molecular complexity index is 820. The minimum absolute atomic E-state index is 0.113. The third kappa shape index (κ3) is 6.49. The first-order chi connectivity index (χ1) is 14.5. The lowest BCUT2D eigenvalue weighted by molar-refractivity contribution is -0.142. The average molecular weight is 429 g/mol. The van der Waals surface area contributed by atoms with Crippen molar-refractivity contribution in [3.63, 3.8) is 0 Å². The maximum atomic E-state index is 13.0. The molecule has 3 rings (SSSR count). The molecule has 0 aromatic heterocycles. The van der Waals surface area contributed by atoms with Crippen molar-refractivity contribution in [2.75, 3.05) is 6.61 Å². The van der Waals surface area contributed by atoms with Crippen molar-refractivity contribution in [2.45, 2.75) is 57.7 Å². The highest BCUT2D eigenvalue weighted by atomic mass is 35.5. The van der Waals surface area contributed by atoms with Crippen LogP contribution in [0, 0.1) is 0 Å². The molecule has 0 bridgehead atoms. The maximum Gasteiger partial charge on any atom is 0.261 e. The Morgan fingerprint density at radius 3 is 2.40 bits per heavy atom. The number of nitrogens with one attached hydrogen (secondary N) is 1. The van der Waals surface area contributed by atoms with Gasteiger partial charge in [-0.05, 0) is 49.6 Å². The number of benzene rings is 2. The first-order valence-corrected chi connectivity index (χ1v) is 10.9. The normalized spacial score (nSPS) is 15.3. The van der Waals surface area contributed by atoms with Gasteiger partial charge in [-0.3, -0.25) is 9.59 Å². The molecule has 1 aliphatic carbocycles. The monoisotopic (exact) mass is 428 g/mol. The van der Waals surface area contributed by atoms with E-state index < -0.39 is 6.04 Å². The fourth-order valence-electron chi connectivity index (χ4n) is 3.69. The Morgan fingerprint density at radius 1 is 1.07 bits per heavy atom. The van der Waals surface area contributed by atoms with Gasteiger partial charge in [0.25, 0.3) is 5.91 Å². The van der Waals surface area contributed by atoms with Gasteiger partial charge in [0.1, 0.15) is 11.8 Å². The molecule has 160 valence electrons. The molecular weight excluding hydrogens is 400 g/mol. The molecule has 2 aromatic carbocycles. The quantitative estimate of drug-likeness (QED) is 0.669. The van der Waals surface area contributed by atoms with E-state index in [0.717, 1.165) is 31.2 Å². The van der Waals surface area contributed by atoms with Gasteiger partial charge in [-0.15, -0.1) is 0 Å². The van der Waals surface area contributed by atoms with Crippen molar-refractivity contribution in [3.8, 4) is 5.75 Å². The van der Waals surface area contributed by atoms with Gasteiger partial charge in [-0.2, -0.15) is 0 Å². The molecule has 1 unspecified atom stereocenters. The number of halogens is 1. The van der Waals surface area contributed by atoms with Crippen LogP contribution in [0.25, 0.3) is 0 Å². The van der Waals surface area contributed by atoms with Crippen LogP contribution in [0.5, 0.6) is 5.75 Å². The number of rotatable bonds is 8. The largest absolute Gasteiger partial charge is 0.484 e. The second-order valence-electron chi connectivity index (χ2n) is 7.77.